The quantitative estimate of drug-likeness (QED) is 0.783. The average Bonchev–Trinajstić information content (AvgIpc) is 3.21. The zero-order valence-corrected chi connectivity index (χ0v) is 12.3. The summed E-state index contributed by atoms with van der Waals surface area (Å²) in [5.74, 6) is 0.946. The topological polar surface area (TPSA) is 34.4 Å². The van der Waals surface area contributed by atoms with Gasteiger partial charge in [0.25, 0.3) is 0 Å². The van der Waals surface area contributed by atoms with Crippen molar-refractivity contribution in [2.45, 2.75) is 37.8 Å². The van der Waals surface area contributed by atoms with Crippen molar-refractivity contribution in [3.05, 3.63) is 60.1 Å². The van der Waals surface area contributed by atoms with Crippen LogP contribution in [0.5, 0.6) is 0 Å². The van der Waals surface area contributed by atoms with Crippen LogP contribution in [0.25, 0.3) is 0 Å². The molecule has 1 aromatic heterocycles. The molecular formula is C18H23NO2. The van der Waals surface area contributed by atoms with Crippen molar-refractivity contribution >= 4 is 0 Å². The van der Waals surface area contributed by atoms with Crippen molar-refractivity contribution in [1.29, 1.82) is 0 Å². The number of furan rings is 1. The Morgan fingerprint density at radius 1 is 1.10 bits per heavy atom. The second kappa shape index (κ2) is 7.43. The van der Waals surface area contributed by atoms with E-state index in [2.05, 4.69) is 29.6 Å². The Labute approximate surface area is 126 Å². The van der Waals surface area contributed by atoms with E-state index in [4.69, 9.17) is 9.15 Å². The summed E-state index contributed by atoms with van der Waals surface area (Å²) in [5, 5.41) is 3.54. The minimum absolute atomic E-state index is 0.0911. The monoisotopic (exact) mass is 285 g/mol. The lowest BCUT2D eigenvalue weighted by Crippen LogP contribution is -2.27. The molecule has 112 valence electrons. The molecule has 3 heteroatoms. The van der Waals surface area contributed by atoms with Crippen LogP contribution >= 0.6 is 0 Å². The summed E-state index contributed by atoms with van der Waals surface area (Å²) < 4.78 is 11.5. The Balaban J connectivity index is 1.55. The lowest BCUT2D eigenvalue weighted by atomic mass is 10.0. The molecule has 1 fully saturated rings. The average molecular weight is 285 g/mol. The largest absolute Gasteiger partial charge is 0.467 e. The van der Waals surface area contributed by atoms with Gasteiger partial charge < -0.3 is 14.5 Å². The third-order valence-electron chi connectivity index (χ3n) is 4.07. The predicted molar refractivity (Wildman–Crippen MR) is 83.2 cm³/mol. The summed E-state index contributed by atoms with van der Waals surface area (Å²) >= 11 is 0. The first-order valence-electron chi connectivity index (χ1n) is 7.87. The fourth-order valence-corrected chi connectivity index (χ4v) is 2.97. The molecule has 1 aromatic carbocycles. The van der Waals surface area contributed by atoms with Crippen LogP contribution in [0, 0.1) is 0 Å². The second-order valence-corrected chi connectivity index (χ2v) is 5.59. The van der Waals surface area contributed by atoms with Crippen LogP contribution < -0.4 is 5.32 Å². The minimum atomic E-state index is 0.0911. The van der Waals surface area contributed by atoms with Crippen molar-refractivity contribution in [3.63, 3.8) is 0 Å². The molecule has 1 aliphatic rings. The van der Waals surface area contributed by atoms with Crippen molar-refractivity contribution in [1.82, 2.24) is 5.32 Å². The SMILES string of the molecule is c1ccc(C(NCCOC2CCCC2)c2ccco2)cc1. The van der Waals surface area contributed by atoms with Gasteiger partial charge in [-0.3, -0.25) is 0 Å². The van der Waals surface area contributed by atoms with Gasteiger partial charge in [0.2, 0.25) is 0 Å². The normalized spacial score (nSPS) is 17.1. The Hall–Kier alpha value is -1.58. The highest BCUT2D eigenvalue weighted by atomic mass is 16.5. The van der Waals surface area contributed by atoms with Gasteiger partial charge in [-0.1, -0.05) is 43.2 Å². The third-order valence-corrected chi connectivity index (χ3v) is 4.07. The van der Waals surface area contributed by atoms with Crippen LogP contribution in [-0.4, -0.2) is 19.3 Å². The highest BCUT2D eigenvalue weighted by Gasteiger charge is 2.17. The van der Waals surface area contributed by atoms with Gasteiger partial charge in [-0.15, -0.1) is 0 Å². The van der Waals surface area contributed by atoms with E-state index in [1.165, 1.54) is 31.2 Å². The van der Waals surface area contributed by atoms with Gasteiger partial charge in [0.15, 0.2) is 0 Å². The molecule has 21 heavy (non-hydrogen) atoms. The standard InChI is InChI=1S/C18H23NO2/c1-2-7-15(8-3-1)18(17-11-6-13-21-17)19-12-14-20-16-9-4-5-10-16/h1-3,6-8,11,13,16,18-19H,4-5,9-10,12,14H2. The van der Waals surface area contributed by atoms with E-state index in [-0.39, 0.29) is 6.04 Å². The predicted octanol–water partition coefficient (Wildman–Crippen LogP) is 3.92. The molecular weight excluding hydrogens is 262 g/mol. The lowest BCUT2D eigenvalue weighted by molar-refractivity contribution is 0.0594. The van der Waals surface area contributed by atoms with Gasteiger partial charge in [0, 0.05) is 6.54 Å². The molecule has 0 aliphatic heterocycles. The smallest absolute Gasteiger partial charge is 0.125 e. The number of hydrogen-bond donors (Lipinski definition) is 1. The molecule has 0 spiro atoms. The molecule has 0 radical (unpaired) electrons. The van der Waals surface area contributed by atoms with Crippen molar-refractivity contribution in [2.24, 2.45) is 0 Å². The van der Waals surface area contributed by atoms with Crippen LogP contribution in [0.2, 0.25) is 0 Å². The summed E-state index contributed by atoms with van der Waals surface area (Å²) in [6, 6.07) is 14.4. The molecule has 0 bridgehead atoms. The Morgan fingerprint density at radius 2 is 1.90 bits per heavy atom. The highest BCUT2D eigenvalue weighted by Crippen LogP contribution is 2.23. The summed E-state index contributed by atoms with van der Waals surface area (Å²) in [5.41, 5.74) is 1.22. The Morgan fingerprint density at radius 3 is 2.62 bits per heavy atom. The highest BCUT2D eigenvalue weighted by molar-refractivity contribution is 5.26. The summed E-state index contributed by atoms with van der Waals surface area (Å²) in [6.45, 7) is 1.59. The number of hydrogen-bond acceptors (Lipinski definition) is 3. The van der Waals surface area contributed by atoms with E-state index >= 15 is 0 Å². The zero-order chi connectivity index (χ0) is 14.3. The maximum Gasteiger partial charge on any atom is 0.125 e. The fraction of sp³-hybridized carbons (Fsp3) is 0.444. The molecule has 1 unspecified atom stereocenters. The summed E-state index contributed by atoms with van der Waals surface area (Å²) in [7, 11) is 0. The molecule has 2 aromatic rings. The Bertz CT molecular complexity index is 503. The third kappa shape index (κ3) is 3.96. The first-order chi connectivity index (χ1) is 10.4. The lowest BCUT2D eigenvalue weighted by Gasteiger charge is -2.18. The van der Waals surface area contributed by atoms with Gasteiger partial charge in [-0.05, 0) is 30.5 Å². The molecule has 0 amide bonds. The molecule has 1 atom stereocenters. The van der Waals surface area contributed by atoms with Crippen LogP contribution in [-0.2, 0) is 4.74 Å². The van der Waals surface area contributed by atoms with Gasteiger partial charge in [0.05, 0.1) is 25.0 Å². The molecule has 1 N–H and O–H groups in total. The van der Waals surface area contributed by atoms with Crippen LogP contribution in [0.3, 0.4) is 0 Å². The van der Waals surface area contributed by atoms with Crippen molar-refractivity contribution in [3.8, 4) is 0 Å². The zero-order valence-electron chi connectivity index (χ0n) is 12.3. The molecule has 0 saturated heterocycles. The molecule has 1 saturated carbocycles. The van der Waals surface area contributed by atoms with E-state index in [0.717, 1.165) is 18.9 Å². The van der Waals surface area contributed by atoms with E-state index in [1.54, 1.807) is 6.26 Å². The van der Waals surface area contributed by atoms with Crippen LogP contribution in [0.1, 0.15) is 43.0 Å². The number of nitrogens with one attached hydrogen (secondary N) is 1. The van der Waals surface area contributed by atoms with E-state index in [1.807, 2.05) is 18.2 Å². The van der Waals surface area contributed by atoms with Crippen molar-refractivity contribution in [2.75, 3.05) is 13.2 Å². The molecule has 1 heterocycles. The maximum absolute atomic E-state index is 5.91. The summed E-state index contributed by atoms with van der Waals surface area (Å²) in [4.78, 5) is 0. The maximum atomic E-state index is 5.91. The number of benzene rings is 1. The number of rotatable bonds is 7. The van der Waals surface area contributed by atoms with Gasteiger partial charge >= 0.3 is 0 Å². The van der Waals surface area contributed by atoms with Gasteiger partial charge in [0.1, 0.15) is 5.76 Å². The van der Waals surface area contributed by atoms with Crippen LogP contribution in [0.15, 0.2) is 53.1 Å². The first-order valence-corrected chi connectivity index (χ1v) is 7.87. The summed E-state index contributed by atoms with van der Waals surface area (Å²) in [6.07, 6.45) is 7.28. The minimum Gasteiger partial charge on any atom is -0.467 e. The molecule has 3 nitrogen and oxygen atoms in total. The Kier molecular flexibility index (Phi) is 5.08. The van der Waals surface area contributed by atoms with Crippen LogP contribution in [0.4, 0.5) is 0 Å². The van der Waals surface area contributed by atoms with Crippen molar-refractivity contribution < 1.29 is 9.15 Å². The first kappa shape index (κ1) is 14.4. The van der Waals surface area contributed by atoms with Gasteiger partial charge in [-0.25, -0.2) is 0 Å². The number of ether oxygens (including phenoxy) is 1. The van der Waals surface area contributed by atoms with E-state index in [9.17, 15) is 0 Å². The molecule has 1 aliphatic carbocycles. The molecule has 3 rings (SSSR count). The second-order valence-electron chi connectivity index (χ2n) is 5.59. The van der Waals surface area contributed by atoms with E-state index < -0.39 is 0 Å². The van der Waals surface area contributed by atoms with Gasteiger partial charge in [-0.2, -0.15) is 0 Å². The van der Waals surface area contributed by atoms with E-state index in [0.29, 0.717) is 6.10 Å². The fourth-order valence-electron chi connectivity index (χ4n) is 2.97.